The highest BCUT2D eigenvalue weighted by atomic mass is 35.5. The maximum Gasteiger partial charge on any atom is 0.203 e. The van der Waals surface area contributed by atoms with Crippen LogP contribution in [0.25, 0.3) is 0 Å². The zero-order valence-corrected chi connectivity index (χ0v) is 12.5. The highest BCUT2D eigenvalue weighted by Gasteiger charge is 2.23. The molecule has 0 unspecified atom stereocenters. The van der Waals surface area contributed by atoms with Gasteiger partial charge in [0, 0.05) is 0 Å². The molecule has 3 nitrogen and oxygen atoms in total. The summed E-state index contributed by atoms with van der Waals surface area (Å²) in [5.74, 6) is 0.477. The number of hydrogen-bond donors (Lipinski definition) is 0. The molecule has 0 aliphatic heterocycles. The van der Waals surface area contributed by atoms with E-state index in [-0.39, 0.29) is 21.4 Å². The second-order valence-electron chi connectivity index (χ2n) is 3.96. The van der Waals surface area contributed by atoms with E-state index in [1.54, 1.807) is 36.4 Å². The molecule has 20 heavy (non-hydrogen) atoms. The predicted molar refractivity (Wildman–Crippen MR) is 79.4 cm³/mol. The SMILES string of the molecule is COc1cccc(OC)c1C(=O)c1c(Cl)cccc1Cl. The van der Waals surface area contributed by atoms with Gasteiger partial charge in [0.2, 0.25) is 5.78 Å². The number of rotatable bonds is 4. The molecule has 0 atom stereocenters. The second-order valence-corrected chi connectivity index (χ2v) is 4.78. The van der Waals surface area contributed by atoms with Crippen molar-refractivity contribution in [2.45, 2.75) is 0 Å². The standard InChI is InChI=1S/C15H12Cl2O3/c1-19-11-7-4-8-12(20-2)14(11)15(18)13-9(16)5-3-6-10(13)17/h3-8H,1-2H3. The van der Waals surface area contributed by atoms with Gasteiger partial charge in [0.15, 0.2) is 0 Å². The molecule has 0 amide bonds. The fraction of sp³-hybridized carbons (Fsp3) is 0.133. The van der Waals surface area contributed by atoms with E-state index in [9.17, 15) is 4.79 Å². The minimum Gasteiger partial charge on any atom is -0.496 e. The summed E-state index contributed by atoms with van der Waals surface area (Å²) in [4.78, 5) is 12.7. The number of ketones is 1. The summed E-state index contributed by atoms with van der Waals surface area (Å²) in [6.45, 7) is 0. The highest BCUT2D eigenvalue weighted by molar-refractivity contribution is 6.41. The average Bonchev–Trinajstić information content (AvgIpc) is 2.45. The Morgan fingerprint density at radius 1 is 0.850 bits per heavy atom. The largest absolute Gasteiger partial charge is 0.496 e. The Labute approximate surface area is 127 Å². The maximum absolute atomic E-state index is 12.7. The quantitative estimate of drug-likeness (QED) is 0.792. The zero-order valence-electron chi connectivity index (χ0n) is 10.9. The van der Waals surface area contributed by atoms with Gasteiger partial charge in [0.05, 0.1) is 29.8 Å². The Morgan fingerprint density at radius 3 is 1.75 bits per heavy atom. The summed E-state index contributed by atoms with van der Waals surface area (Å²) in [7, 11) is 2.97. The summed E-state index contributed by atoms with van der Waals surface area (Å²) in [5.41, 5.74) is 0.533. The molecule has 0 aliphatic carbocycles. The van der Waals surface area contributed by atoms with Gasteiger partial charge in [-0.1, -0.05) is 35.3 Å². The van der Waals surface area contributed by atoms with Crippen molar-refractivity contribution in [3.63, 3.8) is 0 Å². The van der Waals surface area contributed by atoms with Crippen molar-refractivity contribution < 1.29 is 14.3 Å². The van der Waals surface area contributed by atoms with E-state index in [2.05, 4.69) is 0 Å². The molecule has 0 saturated heterocycles. The van der Waals surface area contributed by atoms with Crippen LogP contribution in [0, 0.1) is 0 Å². The Hall–Kier alpha value is -1.71. The smallest absolute Gasteiger partial charge is 0.203 e. The lowest BCUT2D eigenvalue weighted by Crippen LogP contribution is -2.07. The van der Waals surface area contributed by atoms with Gasteiger partial charge in [-0.3, -0.25) is 4.79 Å². The number of benzene rings is 2. The molecule has 2 rings (SSSR count). The van der Waals surface area contributed by atoms with Gasteiger partial charge in [-0.25, -0.2) is 0 Å². The molecule has 0 heterocycles. The van der Waals surface area contributed by atoms with Gasteiger partial charge in [0.1, 0.15) is 17.1 Å². The van der Waals surface area contributed by atoms with Gasteiger partial charge >= 0.3 is 0 Å². The molecule has 0 radical (unpaired) electrons. The lowest BCUT2D eigenvalue weighted by atomic mass is 10.0. The summed E-state index contributed by atoms with van der Waals surface area (Å²) >= 11 is 12.2. The fourth-order valence-electron chi connectivity index (χ4n) is 1.91. The third-order valence-electron chi connectivity index (χ3n) is 2.84. The molecule has 0 spiro atoms. The van der Waals surface area contributed by atoms with Gasteiger partial charge < -0.3 is 9.47 Å². The van der Waals surface area contributed by atoms with Crippen molar-refractivity contribution in [2.75, 3.05) is 14.2 Å². The molecule has 0 aromatic heterocycles. The lowest BCUT2D eigenvalue weighted by Gasteiger charge is -2.13. The van der Waals surface area contributed by atoms with E-state index in [4.69, 9.17) is 32.7 Å². The van der Waals surface area contributed by atoms with Crippen molar-refractivity contribution in [2.24, 2.45) is 0 Å². The number of halogens is 2. The summed E-state index contributed by atoms with van der Waals surface area (Å²) in [6, 6.07) is 10.0. The Balaban J connectivity index is 2.65. The Kier molecular flexibility index (Phi) is 4.53. The third kappa shape index (κ3) is 2.60. The summed E-state index contributed by atoms with van der Waals surface area (Å²) in [6.07, 6.45) is 0. The predicted octanol–water partition coefficient (Wildman–Crippen LogP) is 4.24. The lowest BCUT2D eigenvalue weighted by molar-refractivity contribution is 0.103. The zero-order chi connectivity index (χ0) is 14.7. The van der Waals surface area contributed by atoms with Crippen LogP contribution < -0.4 is 9.47 Å². The van der Waals surface area contributed by atoms with Crippen molar-refractivity contribution >= 4 is 29.0 Å². The maximum atomic E-state index is 12.7. The molecule has 5 heteroatoms. The number of ether oxygens (including phenoxy) is 2. The van der Waals surface area contributed by atoms with Crippen LogP contribution in [-0.2, 0) is 0 Å². The highest BCUT2D eigenvalue weighted by Crippen LogP contribution is 2.34. The monoisotopic (exact) mass is 310 g/mol. The minimum atomic E-state index is -0.338. The average molecular weight is 311 g/mol. The molecule has 0 saturated carbocycles. The fourth-order valence-corrected chi connectivity index (χ4v) is 2.48. The summed E-state index contributed by atoms with van der Waals surface area (Å²) in [5, 5.41) is 0.575. The van der Waals surface area contributed by atoms with Crippen molar-refractivity contribution in [3.05, 3.63) is 57.6 Å². The molecule has 2 aromatic carbocycles. The summed E-state index contributed by atoms with van der Waals surface area (Å²) < 4.78 is 10.4. The molecule has 0 aliphatic rings. The van der Waals surface area contributed by atoms with Crippen LogP contribution in [0.4, 0.5) is 0 Å². The second kappa shape index (κ2) is 6.16. The number of methoxy groups -OCH3 is 2. The Bertz CT molecular complexity index is 611. The van der Waals surface area contributed by atoms with Gasteiger partial charge in [0.25, 0.3) is 0 Å². The van der Waals surface area contributed by atoms with Crippen molar-refractivity contribution in [1.29, 1.82) is 0 Å². The van der Waals surface area contributed by atoms with Crippen LogP contribution in [0.2, 0.25) is 10.0 Å². The first-order chi connectivity index (χ1) is 9.60. The molecule has 104 valence electrons. The van der Waals surface area contributed by atoms with E-state index < -0.39 is 0 Å². The molecule has 0 fully saturated rings. The van der Waals surface area contributed by atoms with Crippen LogP contribution >= 0.6 is 23.2 Å². The van der Waals surface area contributed by atoms with Gasteiger partial charge in [-0.2, -0.15) is 0 Å². The molecule has 2 aromatic rings. The van der Waals surface area contributed by atoms with Crippen LogP contribution in [0.15, 0.2) is 36.4 Å². The van der Waals surface area contributed by atoms with E-state index in [1.807, 2.05) is 0 Å². The number of carbonyl (C=O) groups excluding carboxylic acids is 1. The third-order valence-corrected chi connectivity index (χ3v) is 3.47. The number of hydrogen-bond acceptors (Lipinski definition) is 3. The van der Waals surface area contributed by atoms with Crippen molar-refractivity contribution in [1.82, 2.24) is 0 Å². The molecule has 0 N–H and O–H groups in total. The van der Waals surface area contributed by atoms with Crippen molar-refractivity contribution in [3.8, 4) is 11.5 Å². The van der Waals surface area contributed by atoms with E-state index >= 15 is 0 Å². The Morgan fingerprint density at radius 2 is 1.30 bits per heavy atom. The van der Waals surface area contributed by atoms with E-state index in [1.165, 1.54) is 14.2 Å². The van der Waals surface area contributed by atoms with Crippen LogP contribution in [-0.4, -0.2) is 20.0 Å². The van der Waals surface area contributed by atoms with Crippen LogP contribution in [0.5, 0.6) is 11.5 Å². The minimum absolute atomic E-state index is 0.235. The first-order valence-corrected chi connectivity index (χ1v) is 6.55. The normalized spacial score (nSPS) is 10.2. The van der Waals surface area contributed by atoms with Crippen LogP contribution in [0.1, 0.15) is 15.9 Å². The van der Waals surface area contributed by atoms with Gasteiger partial charge in [-0.15, -0.1) is 0 Å². The topological polar surface area (TPSA) is 35.5 Å². The molecular formula is C15H12Cl2O3. The van der Waals surface area contributed by atoms with E-state index in [0.29, 0.717) is 17.1 Å². The first-order valence-electron chi connectivity index (χ1n) is 5.79. The number of carbonyl (C=O) groups is 1. The van der Waals surface area contributed by atoms with E-state index in [0.717, 1.165) is 0 Å². The van der Waals surface area contributed by atoms with Gasteiger partial charge in [-0.05, 0) is 24.3 Å². The molecule has 0 bridgehead atoms. The first kappa shape index (κ1) is 14.7. The van der Waals surface area contributed by atoms with Crippen LogP contribution in [0.3, 0.4) is 0 Å². The molecular weight excluding hydrogens is 299 g/mol.